The summed E-state index contributed by atoms with van der Waals surface area (Å²) in [7, 11) is 0. The second-order valence-corrected chi connectivity index (χ2v) is 15.4. The van der Waals surface area contributed by atoms with E-state index in [4.69, 9.17) is 14.2 Å². The van der Waals surface area contributed by atoms with Crippen molar-refractivity contribution in [3.63, 3.8) is 0 Å². The predicted octanol–water partition coefficient (Wildman–Crippen LogP) is 5.82. The van der Waals surface area contributed by atoms with Crippen molar-refractivity contribution in [2.75, 3.05) is 6.26 Å². The Kier molecular flexibility index (Phi) is 6.50. The molecule has 2 saturated heterocycles. The number of ether oxygens (including phenoxy) is 3. The highest BCUT2D eigenvalue weighted by Gasteiger charge is 2.68. The minimum atomic E-state index is -1.33. The van der Waals surface area contributed by atoms with Gasteiger partial charge in [0.05, 0.1) is 24.2 Å². The van der Waals surface area contributed by atoms with Gasteiger partial charge in [-0.05, 0) is 106 Å². The molecule has 5 fully saturated rings. The van der Waals surface area contributed by atoms with Crippen molar-refractivity contribution in [3.05, 3.63) is 23.8 Å². The second-order valence-electron chi connectivity index (χ2n) is 14.6. The highest BCUT2D eigenvalue weighted by Crippen LogP contribution is 2.68. The number of thioether (sulfide) groups is 1. The summed E-state index contributed by atoms with van der Waals surface area (Å²) in [5, 5.41) is 11.5. The molecular weight excluding hydrogens is 512 g/mol. The Hall–Kier alpha value is -0.990. The van der Waals surface area contributed by atoms with Gasteiger partial charge in [-0.3, -0.25) is 9.59 Å². The van der Waals surface area contributed by atoms with Gasteiger partial charge >= 0.3 is 0 Å². The molecule has 2 heterocycles. The first-order valence-electron chi connectivity index (χ1n) is 14.9. The molecule has 3 saturated carbocycles. The van der Waals surface area contributed by atoms with Crippen LogP contribution in [0.1, 0.15) is 86.5 Å². The van der Waals surface area contributed by atoms with Gasteiger partial charge in [-0.1, -0.05) is 44.2 Å². The topological polar surface area (TPSA) is 82.1 Å². The van der Waals surface area contributed by atoms with E-state index >= 15 is 0 Å². The molecule has 0 aromatic carbocycles. The van der Waals surface area contributed by atoms with E-state index in [0.717, 1.165) is 37.7 Å². The largest absolute Gasteiger partial charge is 0.392 e. The lowest BCUT2D eigenvalue weighted by molar-refractivity contribution is -0.392. The summed E-state index contributed by atoms with van der Waals surface area (Å²) in [5.74, 6) is 0.465. The maximum absolute atomic E-state index is 12.5. The second kappa shape index (κ2) is 9.00. The smallest absolute Gasteiger partial charge is 0.292 e. The Bertz CT molecular complexity index is 1130. The van der Waals surface area contributed by atoms with Crippen LogP contribution in [0, 0.1) is 40.4 Å². The van der Waals surface area contributed by atoms with E-state index in [2.05, 4.69) is 33.8 Å². The Morgan fingerprint density at radius 2 is 1.87 bits per heavy atom. The number of ketones is 1. The molecule has 6 aliphatic rings. The highest BCUT2D eigenvalue weighted by molar-refractivity contribution is 8.13. The zero-order valence-electron chi connectivity index (χ0n) is 24.6. The van der Waals surface area contributed by atoms with Crippen LogP contribution in [0.2, 0.25) is 0 Å². The van der Waals surface area contributed by atoms with Gasteiger partial charge in [-0.15, -0.1) is 0 Å². The zero-order chi connectivity index (χ0) is 28.2. The molecule has 7 heteroatoms. The number of carbonyl (C=O) groups is 2. The molecule has 2 bridgehead atoms. The number of rotatable bonds is 4. The summed E-state index contributed by atoms with van der Waals surface area (Å²) in [6, 6.07) is 0. The van der Waals surface area contributed by atoms with Gasteiger partial charge in [0.2, 0.25) is 0 Å². The van der Waals surface area contributed by atoms with Crippen LogP contribution in [-0.2, 0) is 23.8 Å². The molecule has 39 heavy (non-hydrogen) atoms. The number of aliphatic hydroxyl groups excluding tert-OH is 1. The van der Waals surface area contributed by atoms with E-state index in [-0.39, 0.29) is 46.1 Å². The fraction of sp³-hybridized carbons (Fsp3) is 0.812. The van der Waals surface area contributed by atoms with Crippen molar-refractivity contribution in [3.8, 4) is 0 Å². The number of carbonyl (C=O) groups excluding carboxylic acids is 2. The van der Waals surface area contributed by atoms with Crippen LogP contribution in [0.4, 0.5) is 0 Å². The van der Waals surface area contributed by atoms with E-state index in [1.807, 2.05) is 13.8 Å². The Labute approximate surface area is 237 Å². The van der Waals surface area contributed by atoms with Crippen molar-refractivity contribution < 1.29 is 28.9 Å². The lowest BCUT2D eigenvalue weighted by Crippen LogP contribution is -2.56. The predicted molar refractivity (Wildman–Crippen MR) is 151 cm³/mol. The first kappa shape index (κ1) is 28.1. The normalized spacial score (nSPS) is 50.6. The summed E-state index contributed by atoms with van der Waals surface area (Å²) in [5.41, 5.74) is -0.0293. The standard InChI is InChI=1S/C32H46O6S/c1-18(25-16-31(6)28(2,3)37-32(36-25,38-31)17-26(35)39-7)21-8-9-22-27-23(11-13-30(21,22)5)29(4)12-10-20(33)14-19(29)15-24(27)34/h10,12,14,18,21-25,27,34H,8-9,11,13,15-17H2,1-7H3/t18-,21?,22?,23?,24-,25?,27?,29+,30-,31?,32?/m1/s1. The molecule has 0 aromatic heterocycles. The fourth-order valence-corrected chi connectivity index (χ4v) is 10.3. The monoisotopic (exact) mass is 558 g/mol. The molecule has 1 N–H and O–H groups in total. The minimum absolute atomic E-state index is 0.00114. The van der Waals surface area contributed by atoms with Gasteiger partial charge in [-0.2, -0.15) is 0 Å². The maximum atomic E-state index is 12.5. The molecule has 2 aliphatic heterocycles. The molecule has 4 aliphatic carbocycles. The summed E-state index contributed by atoms with van der Waals surface area (Å²) in [4.78, 5) is 24.7. The SMILES string of the molecule is CSC(=O)CC12OC([C@H](C)C3CCC4C5C(CC[C@@]43C)[C@@]3(C)C=CC(=O)C=C3C[C@H]5O)CC(C)(O1)C(C)(C)O2. The third-order valence-corrected chi connectivity index (χ3v) is 13.0. The molecule has 0 radical (unpaired) electrons. The van der Waals surface area contributed by atoms with E-state index in [0.29, 0.717) is 24.2 Å². The fourth-order valence-electron chi connectivity index (χ4n) is 9.97. The Balaban J connectivity index is 1.27. The lowest BCUT2D eigenvalue weighted by atomic mass is 9.46. The number of aliphatic hydroxyl groups is 1. The van der Waals surface area contributed by atoms with Gasteiger partial charge in [0.1, 0.15) is 5.60 Å². The third-order valence-electron chi connectivity index (χ3n) is 12.4. The van der Waals surface area contributed by atoms with E-state index < -0.39 is 23.3 Å². The van der Waals surface area contributed by atoms with E-state index in [1.165, 1.54) is 11.8 Å². The lowest BCUT2D eigenvalue weighted by Gasteiger charge is -2.59. The Morgan fingerprint density at radius 1 is 1.13 bits per heavy atom. The van der Waals surface area contributed by atoms with Crippen LogP contribution in [0.3, 0.4) is 0 Å². The van der Waals surface area contributed by atoms with Gasteiger partial charge in [0.25, 0.3) is 5.97 Å². The van der Waals surface area contributed by atoms with Gasteiger partial charge in [-0.25, -0.2) is 0 Å². The molecule has 0 aromatic rings. The van der Waals surface area contributed by atoms with Gasteiger partial charge in [0.15, 0.2) is 10.9 Å². The number of allylic oxidation sites excluding steroid dienone is 3. The highest BCUT2D eigenvalue weighted by atomic mass is 32.2. The molecule has 0 spiro atoms. The average Bonchev–Trinajstić information content (AvgIpc) is 3.26. The summed E-state index contributed by atoms with van der Waals surface area (Å²) in [6.07, 6.45) is 12.8. The van der Waals surface area contributed by atoms with Crippen molar-refractivity contribution >= 4 is 22.7 Å². The zero-order valence-corrected chi connectivity index (χ0v) is 25.4. The van der Waals surface area contributed by atoms with Gasteiger partial charge < -0.3 is 19.3 Å². The average molecular weight is 559 g/mol. The first-order valence-corrected chi connectivity index (χ1v) is 16.2. The Morgan fingerprint density at radius 3 is 2.59 bits per heavy atom. The number of hydrogen-bond donors (Lipinski definition) is 1. The van der Waals surface area contributed by atoms with Crippen LogP contribution in [-0.4, -0.2) is 51.6 Å². The molecule has 6 rings (SSSR count). The van der Waals surface area contributed by atoms with E-state index in [1.54, 1.807) is 18.4 Å². The molecular formula is C32H46O6S. The number of fused-ring (bicyclic) bond motifs is 7. The maximum Gasteiger partial charge on any atom is 0.292 e. The van der Waals surface area contributed by atoms with E-state index in [9.17, 15) is 14.7 Å². The number of hydrogen-bond acceptors (Lipinski definition) is 7. The van der Waals surface area contributed by atoms with Crippen LogP contribution in [0.25, 0.3) is 0 Å². The van der Waals surface area contributed by atoms with Crippen LogP contribution >= 0.6 is 11.8 Å². The van der Waals surface area contributed by atoms with Crippen LogP contribution < -0.4 is 0 Å². The van der Waals surface area contributed by atoms with Crippen LogP contribution in [0.5, 0.6) is 0 Å². The molecule has 6 nitrogen and oxygen atoms in total. The molecule has 0 amide bonds. The quantitative estimate of drug-likeness (QED) is 0.465. The van der Waals surface area contributed by atoms with Crippen molar-refractivity contribution in [2.24, 2.45) is 40.4 Å². The van der Waals surface area contributed by atoms with Crippen molar-refractivity contribution in [1.29, 1.82) is 0 Å². The summed E-state index contributed by atoms with van der Waals surface area (Å²) in [6.45, 7) is 13.3. The van der Waals surface area contributed by atoms with Gasteiger partial charge in [0, 0.05) is 11.8 Å². The molecule has 11 atom stereocenters. The third kappa shape index (κ3) is 4.04. The first-order chi connectivity index (χ1) is 18.2. The minimum Gasteiger partial charge on any atom is -0.392 e. The molecule has 216 valence electrons. The summed E-state index contributed by atoms with van der Waals surface area (Å²) < 4.78 is 19.5. The van der Waals surface area contributed by atoms with Crippen LogP contribution in [0.15, 0.2) is 23.8 Å². The molecule has 7 unspecified atom stereocenters. The van der Waals surface area contributed by atoms with Crippen molar-refractivity contribution in [1.82, 2.24) is 0 Å². The summed E-state index contributed by atoms with van der Waals surface area (Å²) >= 11 is 1.19. The van der Waals surface area contributed by atoms with Crippen molar-refractivity contribution in [2.45, 2.75) is 116 Å².